The van der Waals surface area contributed by atoms with E-state index in [2.05, 4.69) is 67.0 Å². The van der Waals surface area contributed by atoms with Crippen molar-refractivity contribution in [1.29, 1.82) is 0 Å². The maximum Gasteiger partial charge on any atom is 0.173 e. The summed E-state index contributed by atoms with van der Waals surface area (Å²) < 4.78 is 30.2. The van der Waals surface area contributed by atoms with Crippen LogP contribution in [0.15, 0.2) is 142 Å². The minimum atomic E-state index is -0.257. The number of halogens is 3. The maximum atomic E-state index is 12.9. The first-order valence-corrected chi connectivity index (χ1v) is 16.2. The Hall–Kier alpha value is -4.29. The Morgan fingerprint density at radius 3 is 1.56 bits per heavy atom. The van der Waals surface area contributed by atoms with Gasteiger partial charge in [0.25, 0.3) is 0 Å². The summed E-state index contributed by atoms with van der Waals surface area (Å²) in [5, 5.41) is 1.91. The van der Waals surface area contributed by atoms with Crippen LogP contribution >= 0.6 is 46.1 Å². The number of nitrogens with zero attached hydrogens (tertiary/aromatic N) is 4. The van der Waals surface area contributed by atoms with E-state index < -0.39 is 0 Å². The van der Waals surface area contributed by atoms with Crippen LogP contribution in [-0.4, -0.2) is 19.1 Å². The highest BCUT2D eigenvalue weighted by atomic mass is 127. The summed E-state index contributed by atoms with van der Waals surface area (Å²) >= 11 is 5.55. The topological polar surface area (TPSA) is 35.6 Å². The molecule has 6 aromatic rings. The van der Waals surface area contributed by atoms with Gasteiger partial charge in [0, 0.05) is 35.0 Å². The maximum absolute atomic E-state index is 12.9. The molecule has 2 aromatic heterocycles. The van der Waals surface area contributed by atoms with E-state index in [0.717, 1.165) is 30.2 Å². The summed E-state index contributed by atoms with van der Waals surface area (Å²) in [5.74, 6) is 7.96. The molecule has 9 heteroatoms. The van der Waals surface area contributed by atoms with E-state index in [1.165, 1.54) is 29.2 Å². The number of hydrogen-bond acceptors (Lipinski definition) is 4. The second kappa shape index (κ2) is 17.3. The standard InChI is InChI=1S/C18H13FN2S.C10H9IN2S.C8H5F/c1-21-16(12-9-14-7-10-15(19)11-8-14)13-20-18(21)22-17-5-3-2-4-6-17;1-13-9(11)7-12-10(13)14-8-5-3-2-4-6-8;1-2-7-3-5-8(9)6-4-7/h2-8,10-11,13H,1H3;2-7H,1H3;1,3-6H. The third-order valence-corrected chi connectivity index (χ3v) is 9.07. The Balaban J connectivity index is 0.000000171. The molecule has 0 unspecified atom stereocenters. The molecule has 0 amide bonds. The van der Waals surface area contributed by atoms with Crippen molar-refractivity contribution in [2.24, 2.45) is 14.1 Å². The quantitative estimate of drug-likeness (QED) is 0.133. The normalized spacial score (nSPS) is 9.87. The van der Waals surface area contributed by atoms with Crippen molar-refractivity contribution in [2.75, 3.05) is 0 Å². The first kappa shape index (κ1) is 33.6. The van der Waals surface area contributed by atoms with Gasteiger partial charge in [-0.25, -0.2) is 18.7 Å². The van der Waals surface area contributed by atoms with Crippen LogP contribution in [0.2, 0.25) is 0 Å². The lowest BCUT2D eigenvalue weighted by molar-refractivity contribution is 0.627. The van der Waals surface area contributed by atoms with Gasteiger partial charge in [-0.05, 0) is 101 Å². The van der Waals surface area contributed by atoms with E-state index in [-0.39, 0.29) is 11.6 Å². The molecule has 0 radical (unpaired) electrons. The minimum absolute atomic E-state index is 0.256. The molecule has 2 heterocycles. The van der Waals surface area contributed by atoms with Crippen molar-refractivity contribution in [3.8, 4) is 24.2 Å². The van der Waals surface area contributed by atoms with Crippen molar-refractivity contribution >= 4 is 46.1 Å². The SMILES string of the molecule is C#Cc1ccc(F)cc1.Cn1c(C#Cc2ccc(F)cc2)cnc1Sc1ccccc1.Cn1c(I)cnc1Sc1ccccc1. The van der Waals surface area contributed by atoms with Crippen LogP contribution in [0.4, 0.5) is 8.78 Å². The van der Waals surface area contributed by atoms with Crippen molar-refractivity contribution in [3.63, 3.8) is 0 Å². The zero-order valence-electron chi connectivity index (χ0n) is 24.4. The minimum Gasteiger partial charge on any atom is -0.317 e. The summed E-state index contributed by atoms with van der Waals surface area (Å²) in [5.41, 5.74) is 2.30. The lowest BCUT2D eigenvalue weighted by Crippen LogP contribution is -1.94. The van der Waals surface area contributed by atoms with Gasteiger partial charge in [0.15, 0.2) is 10.3 Å². The Labute approximate surface area is 284 Å². The van der Waals surface area contributed by atoms with Gasteiger partial charge in [0.05, 0.1) is 12.4 Å². The Kier molecular flexibility index (Phi) is 12.9. The first-order chi connectivity index (χ1) is 21.8. The van der Waals surface area contributed by atoms with Crippen LogP contribution in [0.3, 0.4) is 0 Å². The van der Waals surface area contributed by atoms with Gasteiger partial charge in [0.2, 0.25) is 0 Å². The monoisotopic (exact) mass is 744 g/mol. The van der Waals surface area contributed by atoms with E-state index in [1.807, 2.05) is 73.4 Å². The summed E-state index contributed by atoms with van der Waals surface area (Å²) in [6.45, 7) is 0. The molecule has 0 aliphatic heterocycles. The molecule has 0 aliphatic carbocycles. The van der Waals surface area contributed by atoms with Crippen LogP contribution < -0.4 is 0 Å². The van der Waals surface area contributed by atoms with E-state index in [9.17, 15) is 8.78 Å². The molecule has 224 valence electrons. The van der Waals surface area contributed by atoms with E-state index in [0.29, 0.717) is 5.56 Å². The third-order valence-electron chi connectivity index (χ3n) is 5.93. The molecule has 4 nitrogen and oxygen atoms in total. The van der Waals surface area contributed by atoms with Crippen LogP contribution in [0, 0.1) is 39.5 Å². The Morgan fingerprint density at radius 2 is 1.09 bits per heavy atom. The van der Waals surface area contributed by atoms with E-state index in [1.54, 1.807) is 54.0 Å². The van der Waals surface area contributed by atoms with Crippen molar-refractivity contribution < 1.29 is 8.78 Å². The Morgan fingerprint density at radius 1 is 0.622 bits per heavy atom. The third kappa shape index (κ3) is 10.7. The molecule has 0 saturated carbocycles. The van der Waals surface area contributed by atoms with E-state index in [4.69, 9.17) is 6.42 Å². The van der Waals surface area contributed by atoms with Gasteiger partial charge in [-0.2, -0.15) is 0 Å². The molecule has 0 N–H and O–H groups in total. The van der Waals surface area contributed by atoms with Crippen molar-refractivity contribution in [3.05, 3.63) is 154 Å². The zero-order valence-corrected chi connectivity index (χ0v) is 28.2. The predicted molar refractivity (Wildman–Crippen MR) is 187 cm³/mol. The molecule has 45 heavy (non-hydrogen) atoms. The molecular weight excluding hydrogens is 717 g/mol. The second-order valence-corrected chi connectivity index (χ2v) is 12.3. The molecule has 0 bridgehead atoms. The van der Waals surface area contributed by atoms with Crippen LogP contribution in [0.5, 0.6) is 0 Å². The van der Waals surface area contributed by atoms with E-state index >= 15 is 0 Å². The highest BCUT2D eigenvalue weighted by Gasteiger charge is 2.07. The summed E-state index contributed by atoms with van der Waals surface area (Å²) in [7, 11) is 3.97. The molecule has 0 spiro atoms. The number of hydrogen-bond donors (Lipinski definition) is 0. The summed E-state index contributed by atoms with van der Waals surface area (Å²) in [4.78, 5) is 11.1. The Bertz CT molecular complexity index is 1900. The van der Waals surface area contributed by atoms with Crippen LogP contribution in [0.1, 0.15) is 16.8 Å². The second-order valence-electron chi connectivity index (χ2n) is 9.15. The van der Waals surface area contributed by atoms with Crippen LogP contribution in [0.25, 0.3) is 0 Å². The first-order valence-electron chi connectivity index (χ1n) is 13.5. The molecule has 0 fully saturated rings. The largest absolute Gasteiger partial charge is 0.317 e. The lowest BCUT2D eigenvalue weighted by atomic mass is 10.2. The smallest absolute Gasteiger partial charge is 0.173 e. The average molecular weight is 745 g/mol. The van der Waals surface area contributed by atoms with Gasteiger partial charge < -0.3 is 9.13 Å². The number of imidazole rings is 2. The highest BCUT2D eigenvalue weighted by Crippen LogP contribution is 2.27. The fourth-order valence-corrected chi connectivity index (χ4v) is 5.70. The zero-order chi connectivity index (χ0) is 32.0. The van der Waals surface area contributed by atoms with Gasteiger partial charge in [0.1, 0.15) is 21.0 Å². The van der Waals surface area contributed by atoms with Gasteiger partial charge in [-0.15, -0.1) is 6.42 Å². The summed E-state index contributed by atoms with van der Waals surface area (Å²) in [6.07, 6.45) is 8.66. The number of aromatic nitrogens is 4. The van der Waals surface area contributed by atoms with Crippen molar-refractivity contribution in [2.45, 2.75) is 20.1 Å². The fraction of sp³-hybridized carbons (Fsp3) is 0.0556. The highest BCUT2D eigenvalue weighted by molar-refractivity contribution is 14.1. The molecule has 0 saturated heterocycles. The van der Waals surface area contributed by atoms with Crippen molar-refractivity contribution in [1.82, 2.24) is 19.1 Å². The molecule has 4 aromatic carbocycles. The molecular formula is C36H27F2IN4S2. The molecule has 0 aliphatic rings. The fourth-order valence-electron chi connectivity index (χ4n) is 3.47. The number of terminal acetylenes is 1. The number of benzene rings is 4. The summed E-state index contributed by atoms with van der Waals surface area (Å²) in [6, 6.07) is 32.3. The average Bonchev–Trinajstić information content (AvgIpc) is 3.58. The molecule has 6 rings (SSSR count). The number of rotatable bonds is 4. The van der Waals surface area contributed by atoms with Gasteiger partial charge in [-0.3, -0.25) is 0 Å². The predicted octanol–water partition coefficient (Wildman–Crippen LogP) is 9.09. The lowest BCUT2D eigenvalue weighted by Gasteiger charge is -2.01. The van der Waals surface area contributed by atoms with Crippen LogP contribution in [-0.2, 0) is 14.1 Å². The van der Waals surface area contributed by atoms with Gasteiger partial charge >= 0.3 is 0 Å². The van der Waals surface area contributed by atoms with Gasteiger partial charge in [-0.1, -0.05) is 71.8 Å². The molecule has 0 atom stereocenters.